The summed E-state index contributed by atoms with van der Waals surface area (Å²) in [5, 5.41) is 0. The highest BCUT2D eigenvalue weighted by atomic mass is 14.7. The SMILES string of the molecule is Cc1cccc(C(N)C2Cc3ccccc32)c1C. The van der Waals surface area contributed by atoms with Crippen molar-refractivity contribution in [2.24, 2.45) is 5.73 Å². The molecule has 0 spiro atoms. The Balaban J connectivity index is 1.94. The van der Waals surface area contributed by atoms with Crippen molar-refractivity contribution < 1.29 is 0 Å². The Bertz CT molecular complexity index is 586. The van der Waals surface area contributed by atoms with Crippen molar-refractivity contribution in [2.45, 2.75) is 32.2 Å². The number of benzene rings is 2. The minimum absolute atomic E-state index is 0.125. The molecular formula is C17H19N. The maximum atomic E-state index is 6.48. The van der Waals surface area contributed by atoms with Gasteiger partial charge >= 0.3 is 0 Å². The van der Waals surface area contributed by atoms with E-state index < -0.39 is 0 Å². The van der Waals surface area contributed by atoms with Crippen LogP contribution in [-0.2, 0) is 6.42 Å². The third-order valence-electron chi connectivity index (χ3n) is 4.33. The molecule has 2 N–H and O–H groups in total. The van der Waals surface area contributed by atoms with E-state index in [1.807, 2.05) is 0 Å². The van der Waals surface area contributed by atoms with Crippen LogP contribution >= 0.6 is 0 Å². The van der Waals surface area contributed by atoms with Gasteiger partial charge in [0.2, 0.25) is 0 Å². The molecule has 0 radical (unpaired) electrons. The number of nitrogens with two attached hydrogens (primary N) is 1. The zero-order valence-electron chi connectivity index (χ0n) is 11.0. The summed E-state index contributed by atoms with van der Waals surface area (Å²) in [5.41, 5.74) is 13.4. The van der Waals surface area contributed by atoms with Crippen LogP contribution in [0.1, 0.15) is 39.8 Å². The Morgan fingerprint density at radius 2 is 1.83 bits per heavy atom. The lowest BCUT2D eigenvalue weighted by Crippen LogP contribution is -2.29. The number of aryl methyl sites for hydroxylation is 1. The second-order valence-corrected chi connectivity index (χ2v) is 5.32. The fourth-order valence-electron chi connectivity index (χ4n) is 2.97. The van der Waals surface area contributed by atoms with E-state index in [4.69, 9.17) is 5.73 Å². The number of hydrogen-bond donors (Lipinski definition) is 1. The average Bonchev–Trinajstić information content (AvgIpc) is 2.34. The van der Waals surface area contributed by atoms with Crippen molar-refractivity contribution in [1.29, 1.82) is 0 Å². The molecule has 2 atom stereocenters. The van der Waals surface area contributed by atoms with Crippen molar-refractivity contribution in [2.75, 3.05) is 0 Å². The first-order chi connectivity index (χ1) is 8.68. The Kier molecular flexibility index (Phi) is 2.71. The van der Waals surface area contributed by atoms with Gasteiger partial charge < -0.3 is 5.73 Å². The molecule has 0 heterocycles. The Morgan fingerprint density at radius 3 is 2.61 bits per heavy atom. The molecule has 1 nitrogen and oxygen atoms in total. The third kappa shape index (κ3) is 1.67. The van der Waals surface area contributed by atoms with Gasteiger partial charge in [-0.05, 0) is 48.1 Å². The van der Waals surface area contributed by atoms with Gasteiger partial charge in [-0.25, -0.2) is 0 Å². The van der Waals surface area contributed by atoms with Crippen LogP contribution < -0.4 is 5.73 Å². The molecule has 0 saturated carbocycles. The molecule has 2 aromatic carbocycles. The maximum absolute atomic E-state index is 6.48. The molecule has 0 amide bonds. The van der Waals surface area contributed by atoms with Crippen molar-refractivity contribution in [3.8, 4) is 0 Å². The maximum Gasteiger partial charge on any atom is 0.0370 e. The van der Waals surface area contributed by atoms with Gasteiger partial charge in [0.25, 0.3) is 0 Å². The van der Waals surface area contributed by atoms with E-state index in [-0.39, 0.29) is 6.04 Å². The van der Waals surface area contributed by atoms with Crippen molar-refractivity contribution >= 4 is 0 Å². The molecule has 0 bridgehead atoms. The summed E-state index contributed by atoms with van der Waals surface area (Å²) in [7, 11) is 0. The average molecular weight is 237 g/mol. The van der Waals surface area contributed by atoms with Gasteiger partial charge in [0.05, 0.1) is 0 Å². The summed E-state index contributed by atoms with van der Waals surface area (Å²) < 4.78 is 0. The van der Waals surface area contributed by atoms with E-state index in [2.05, 4.69) is 56.3 Å². The van der Waals surface area contributed by atoms with Crippen LogP contribution in [0, 0.1) is 13.8 Å². The summed E-state index contributed by atoms with van der Waals surface area (Å²) in [6, 6.07) is 15.2. The first kappa shape index (κ1) is 11.5. The summed E-state index contributed by atoms with van der Waals surface area (Å²) in [4.78, 5) is 0. The highest BCUT2D eigenvalue weighted by Gasteiger charge is 2.32. The summed E-state index contributed by atoms with van der Waals surface area (Å²) in [5.74, 6) is 0.488. The Morgan fingerprint density at radius 1 is 1.06 bits per heavy atom. The zero-order chi connectivity index (χ0) is 12.7. The zero-order valence-corrected chi connectivity index (χ0v) is 11.0. The molecule has 2 unspecified atom stereocenters. The van der Waals surface area contributed by atoms with Gasteiger partial charge in [-0.2, -0.15) is 0 Å². The van der Waals surface area contributed by atoms with Crippen LogP contribution in [-0.4, -0.2) is 0 Å². The molecule has 0 aromatic heterocycles. The van der Waals surface area contributed by atoms with Gasteiger partial charge in [0.15, 0.2) is 0 Å². The van der Waals surface area contributed by atoms with E-state index in [1.165, 1.54) is 27.8 Å². The predicted octanol–water partition coefficient (Wildman–Crippen LogP) is 3.64. The molecule has 1 aliphatic carbocycles. The van der Waals surface area contributed by atoms with Gasteiger partial charge in [0.1, 0.15) is 0 Å². The quantitative estimate of drug-likeness (QED) is 0.847. The summed E-state index contributed by atoms with van der Waals surface area (Å²) in [6.07, 6.45) is 1.12. The molecule has 0 fully saturated rings. The van der Waals surface area contributed by atoms with Crippen LogP contribution in [0.25, 0.3) is 0 Å². The van der Waals surface area contributed by atoms with Crippen LogP contribution in [0.3, 0.4) is 0 Å². The largest absolute Gasteiger partial charge is 0.323 e. The van der Waals surface area contributed by atoms with Gasteiger partial charge in [-0.15, -0.1) is 0 Å². The van der Waals surface area contributed by atoms with Gasteiger partial charge in [0, 0.05) is 12.0 Å². The van der Waals surface area contributed by atoms with Crippen LogP contribution in [0.2, 0.25) is 0 Å². The minimum Gasteiger partial charge on any atom is -0.323 e. The second kappa shape index (κ2) is 4.25. The number of hydrogen-bond acceptors (Lipinski definition) is 1. The Labute approximate surface area is 109 Å². The molecule has 1 aliphatic rings. The predicted molar refractivity (Wildman–Crippen MR) is 75.7 cm³/mol. The molecule has 0 aliphatic heterocycles. The third-order valence-corrected chi connectivity index (χ3v) is 4.33. The molecule has 18 heavy (non-hydrogen) atoms. The molecule has 1 heteroatoms. The first-order valence-corrected chi connectivity index (χ1v) is 6.58. The van der Waals surface area contributed by atoms with Crippen LogP contribution in [0.4, 0.5) is 0 Å². The molecule has 3 rings (SSSR count). The molecule has 92 valence electrons. The standard InChI is InChI=1S/C17H19N/c1-11-6-5-9-14(12(11)2)17(18)16-10-13-7-3-4-8-15(13)16/h3-9,16-17H,10,18H2,1-2H3. The first-order valence-electron chi connectivity index (χ1n) is 6.58. The Hall–Kier alpha value is -1.60. The van der Waals surface area contributed by atoms with Gasteiger partial charge in [-0.1, -0.05) is 42.5 Å². The highest BCUT2D eigenvalue weighted by molar-refractivity contribution is 5.45. The van der Waals surface area contributed by atoms with Crippen LogP contribution in [0.5, 0.6) is 0 Å². The normalized spacial score (nSPS) is 18.9. The van der Waals surface area contributed by atoms with Crippen molar-refractivity contribution in [3.63, 3.8) is 0 Å². The fraction of sp³-hybridized carbons (Fsp3) is 0.294. The van der Waals surface area contributed by atoms with Gasteiger partial charge in [-0.3, -0.25) is 0 Å². The fourth-order valence-corrected chi connectivity index (χ4v) is 2.97. The van der Waals surface area contributed by atoms with E-state index >= 15 is 0 Å². The summed E-state index contributed by atoms with van der Waals surface area (Å²) >= 11 is 0. The number of rotatable bonds is 2. The molecule has 0 saturated heterocycles. The van der Waals surface area contributed by atoms with Crippen LogP contribution in [0.15, 0.2) is 42.5 Å². The number of fused-ring (bicyclic) bond motifs is 1. The lowest BCUT2D eigenvalue weighted by atomic mass is 9.71. The second-order valence-electron chi connectivity index (χ2n) is 5.32. The van der Waals surface area contributed by atoms with E-state index in [0.29, 0.717) is 5.92 Å². The monoisotopic (exact) mass is 237 g/mol. The van der Waals surface area contributed by atoms with Crippen molar-refractivity contribution in [1.82, 2.24) is 0 Å². The molecule has 2 aromatic rings. The topological polar surface area (TPSA) is 26.0 Å². The molecular weight excluding hydrogens is 218 g/mol. The lowest BCUT2D eigenvalue weighted by molar-refractivity contribution is 0.498. The highest BCUT2D eigenvalue weighted by Crippen LogP contribution is 2.42. The van der Waals surface area contributed by atoms with E-state index in [0.717, 1.165) is 6.42 Å². The van der Waals surface area contributed by atoms with E-state index in [1.54, 1.807) is 0 Å². The van der Waals surface area contributed by atoms with E-state index in [9.17, 15) is 0 Å². The smallest absolute Gasteiger partial charge is 0.0370 e. The summed E-state index contributed by atoms with van der Waals surface area (Å²) in [6.45, 7) is 4.33. The lowest BCUT2D eigenvalue weighted by Gasteiger charge is -2.35. The minimum atomic E-state index is 0.125. The van der Waals surface area contributed by atoms with Crippen molar-refractivity contribution in [3.05, 3.63) is 70.3 Å².